The molecule has 4 aromatic rings. The van der Waals surface area contributed by atoms with Crippen molar-refractivity contribution < 1.29 is 13.9 Å². The van der Waals surface area contributed by atoms with E-state index in [2.05, 4.69) is 39.3 Å². The fourth-order valence-electron chi connectivity index (χ4n) is 5.19. The number of halogens is 1. The standard InChI is InChI=1S/C28H33FN6O3/c1-18(2)26(27-31-32-33-35(27)17-24-5-4-12-38-24)34(15-19-6-8-22(29)9-7-19)16-21-13-20-14-23(37-3)10-11-25(20)30-28(21)36/h6-11,13-14,18,24,26H,4-5,12,15-17H2,1-3H3,(H,30,36)/t24-,26+/m1/s1. The molecule has 0 aliphatic carbocycles. The second-order valence-corrected chi connectivity index (χ2v) is 10.2. The molecule has 5 rings (SSSR count). The fourth-order valence-corrected chi connectivity index (χ4v) is 5.19. The van der Waals surface area contributed by atoms with E-state index in [1.807, 2.05) is 28.9 Å². The minimum absolute atomic E-state index is 0.0777. The van der Waals surface area contributed by atoms with Crippen LogP contribution in [0.1, 0.15) is 49.7 Å². The van der Waals surface area contributed by atoms with Crippen LogP contribution in [0.25, 0.3) is 10.9 Å². The molecule has 3 heterocycles. The van der Waals surface area contributed by atoms with E-state index >= 15 is 0 Å². The van der Waals surface area contributed by atoms with Crippen LogP contribution in [-0.2, 0) is 24.4 Å². The van der Waals surface area contributed by atoms with Gasteiger partial charge in [-0.1, -0.05) is 26.0 Å². The summed E-state index contributed by atoms with van der Waals surface area (Å²) in [5, 5.41) is 13.6. The van der Waals surface area contributed by atoms with Crippen LogP contribution in [0.15, 0.2) is 53.3 Å². The molecule has 1 aliphatic rings. The Morgan fingerprint density at radius 2 is 2.00 bits per heavy atom. The van der Waals surface area contributed by atoms with Crippen LogP contribution >= 0.6 is 0 Å². The van der Waals surface area contributed by atoms with Crippen molar-refractivity contribution >= 4 is 10.9 Å². The second-order valence-electron chi connectivity index (χ2n) is 10.2. The first-order valence-corrected chi connectivity index (χ1v) is 13.0. The van der Waals surface area contributed by atoms with Gasteiger partial charge in [0.1, 0.15) is 11.6 Å². The van der Waals surface area contributed by atoms with Crippen molar-refractivity contribution in [2.45, 2.75) is 58.5 Å². The quantitative estimate of drug-likeness (QED) is 0.334. The summed E-state index contributed by atoms with van der Waals surface area (Å²) in [5.74, 6) is 1.26. The van der Waals surface area contributed by atoms with Crippen LogP contribution in [0.4, 0.5) is 4.39 Å². The molecule has 1 N–H and O–H groups in total. The lowest BCUT2D eigenvalue weighted by atomic mass is 9.99. The molecule has 9 nitrogen and oxygen atoms in total. The number of hydrogen-bond donors (Lipinski definition) is 1. The third-order valence-corrected chi connectivity index (χ3v) is 7.05. The lowest BCUT2D eigenvalue weighted by Crippen LogP contribution is -2.36. The third kappa shape index (κ3) is 5.76. The maximum Gasteiger partial charge on any atom is 0.252 e. The molecule has 10 heteroatoms. The van der Waals surface area contributed by atoms with Gasteiger partial charge < -0.3 is 14.5 Å². The van der Waals surface area contributed by atoms with E-state index in [1.165, 1.54) is 12.1 Å². The lowest BCUT2D eigenvalue weighted by molar-refractivity contribution is 0.0851. The summed E-state index contributed by atoms with van der Waals surface area (Å²) < 4.78 is 26.7. The SMILES string of the molecule is COc1ccc2[nH]c(=O)c(CN(Cc3ccc(F)cc3)[C@H](c3nnnn3C[C@H]3CCCO3)C(C)C)cc2c1. The summed E-state index contributed by atoms with van der Waals surface area (Å²) in [7, 11) is 1.62. The first-order chi connectivity index (χ1) is 18.4. The van der Waals surface area contributed by atoms with E-state index < -0.39 is 0 Å². The third-order valence-electron chi connectivity index (χ3n) is 7.05. The number of aromatic nitrogens is 5. The smallest absolute Gasteiger partial charge is 0.252 e. The number of H-pyrrole nitrogens is 1. The monoisotopic (exact) mass is 520 g/mol. The molecule has 0 bridgehead atoms. The molecule has 2 aromatic heterocycles. The van der Waals surface area contributed by atoms with Gasteiger partial charge in [-0.3, -0.25) is 9.69 Å². The number of rotatable bonds is 10. The Hall–Kier alpha value is -3.63. The summed E-state index contributed by atoms with van der Waals surface area (Å²) in [4.78, 5) is 18.4. The van der Waals surface area contributed by atoms with Crippen molar-refractivity contribution in [3.63, 3.8) is 0 Å². The highest BCUT2D eigenvalue weighted by molar-refractivity contribution is 5.80. The number of tetrazole rings is 1. The topological polar surface area (TPSA) is 98.2 Å². The number of fused-ring (bicyclic) bond motifs is 1. The molecule has 200 valence electrons. The van der Waals surface area contributed by atoms with Gasteiger partial charge in [0, 0.05) is 36.2 Å². The molecule has 1 aliphatic heterocycles. The molecule has 0 amide bonds. The Morgan fingerprint density at radius 1 is 1.18 bits per heavy atom. The average molecular weight is 521 g/mol. The van der Waals surface area contributed by atoms with Gasteiger partial charge in [0.25, 0.3) is 5.56 Å². The molecule has 1 fully saturated rings. The van der Waals surface area contributed by atoms with E-state index in [4.69, 9.17) is 9.47 Å². The summed E-state index contributed by atoms with van der Waals surface area (Å²) in [6.45, 7) is 6.38. The maximum absolute atomic E-state index is 13.7. The Kier molecular flexibility index (Phi) is 7.80. The first-order valence-electron chi connectivity index (χ1n) is 13.0. The van der Waals surface area contributed by atoms with Crippen molar-refractivity contribution in [2.24, 2.45) is 5.92 Å². The highest BCUT2D eigenvalue weighted by atomic mass is 19.1. The van der Waals surface area contributed by atoms with Crippen LogP contribution in [0.2, 0.25) is 0 Å². The Labute approximate surface area is 220 Å². The molecular weight excluding hydrogens is 487 g/mol. The van der Waals surface area contributed by atoms with Gasteiger partial charge in [-0.25, -0.2) is 9.07 Å². The maximum atomic E-state index is 13.7. The Morgan fingerprint density at radius 3 is 2.71 bits per heavy atom. The van der Waals surface area contributed by atoms with Crippen LogP contribution in [0.5, 0.6) is 5.75 Å². The van der Waals surface area contributed by atoms with E-state index in [0.717, 1.165) is 41.7 Å². The normalized spacial score (nSPS) is 16.5. The number of benzene rings is 2. The number of nitrogens with zero attached hydrogens (tertiary/aromatic N) is 5. The highest BCUT2D eigenvalue weighted by Gasteiger charge is 2.31. The first kappa shape index (κ1) is 26.0. The van der Waals surface area contributed by atoms with Crippen molar-refractivity contribution in [2.75, 3.05) is 13.7 Å². The molecule has 38 heavy (non-hydrogen) atoms. The van der Waals surface area contributed by atoms with Gasteiger partial charge in [-0.15, -0.1) is 5.10 Å². The van der Waals surface area contributed by atoms with Gasteiger partial charge in [-0.05, 0) is 71.1 Å². The highest BCUT2D eigenvalue weighted by Crippen LogP contribution is 2.31. The zero-order valence-corrected chi connectivity index (χ0v) is 21.9. The van der Waals surface area contributed by atoms with Crippen LogP contribution in [0.3, 0.4) is 0 Å². The fraction of sp³-hybridized carbons (Fsp3) is 0.429. The van der Waals surface area contributed by atoms with Gasteiger partial charge in [0.2, 0.25) is 0 Å². The molecule has 0 saturated carbocycles. The van der Waals surface area contributed by atoms with E-state index in [1.54, 1.807) is 19.2 Å². The van der Waals surface area contributed by atoms with Gasteiger partial charge in [-0.2, -0.15) is 0 Å². The number of ether oxygens (including phenoxy) is 2. The second kappa shape index (κ2) is 11.4. The summed E-state index contributed by atoms with van der Waals surface area (Å²) in [6, 6.07) is 13.7. The minimum Gasteiger partial charge on any atom is -0.497 e. The largest absolute Gasteiger partial charge is 0.497 e. The van der Waals surface area contributed by atoms with E-state index in [9.17, 15) is 9.18 Å². The van der Waals surface area contributed by atoms with Crippen molar-refractivity contribution in [1.82, 2.24) is 30.1 Å². The molecule has 2 atom stereocenters. The number of nitrogens with one attached hydrogen (secondary N) is 1. The molecule has 0 spiro atoms. The van der Waals surface area contributed by atoms with Gasteiger partial charge >= 0.3 is 0 Å². The summed E-state index contributed by atoms with van der Waals surface area (Å²) in [6.07, 6.45) is 2.08. The van der Waals surface area contributed by atoms with Gasteiger partial charge in [0.05, 0.1) is 25.8 Å². The van der Waals surface area contributed by atoms with Crippen molar-refractivity contribution in [3.05, 3.63) is 81.7 Å². The van der Waals surface area contributed by atoms with Crippen LogP contribution < -0.4 is 10.3 Å². The van der Waals surface area contributed by atoms with E-state index in [0.29, 0.717) is 30.9 Å². The zero-order valence-electron chi connectivity index (χ0n) is 21.9. The van der Waals surface area contributed by atoms with Crippen molar-refractivity contribution in [3.8, 4) is 5.75 Å². The lowest BCUT2D eigenvalue weighted by Gasteiger charge is -2.33. The number of methoxy groups -OCH3 is 1. The number of hydrogen-bond acceptors (Lipinski definition) is 7. The zero-order chi connectivity index (χ0) is 26.6. The van der Waals surface area contributed by atoms with Crippen LogP contribution in [-0.4, -0.2) is 49.9 Å². The predicted molar refractivity (Wildman–Crippen MR) is 141 cm³/mol. The summed E-state index contributed by atoms with van der Waals surface area (Å²) >= 11 is 0. The summed E-state index contributed by atoms with van der Waals surface area (Å²) in [5.41, 5.74) is 2.12. The Balaban J connectivity index is 1.53. The predicted octanol–water partition coefficient (Wildman–Crippen LogP) is 4.24. The minimum atomic E-state index is -0.291. The van der Waals surface area contributed by atoms with Gasteiger partial charge in [0.15, 0.2) is 5.82 Å². The molecule has 0 unspecified atom stereocenters. The number of aromatic amines is 1. The molecule has 1 saturated heterocycles. The number of pyridine rings is 1. The average Bonchev–Trinajstić information content (AvgIpc) is 3.58. The Bertz CT molecular complexity index is 1430. The van der Waals surface area contributed by atoms with E-state index in [-0.39, 0.29) is 29.4 Å². The molecule has 0 radical (unpaired) electrons. The van der Waals surface area contributed by atoms with Crippen molar-refractivity contribution in [1.29, 1.82) is 0 Å². The van der Waals surface area contributed by atoms with Crippen LogP contribution in [0, 0.1) is 11.7 Å². The molecule has 2 aromatic carbocycles. The molecular formula is C28H33FN6O3.